The molecule has 0 saturated heterocycles. The average Bonchev–Trinajstić information content (AvgIpc) is 2.75. The van der Waals surface area contributed by atoms with Crippen LogP contribution in [0.15, 0.2) is 23.6 Å². The Bertz CT molecular complexity index is 494. The largest absolute Gasteiger partial charge is 0.301 e. The summed E-state index contributed by atoms with van der Waals surface area (Å²) in [6, 6.07) is 3.78. The van der Waals surface area contributed by atoms with E-state index in [0.717, 1.165) is 9.21 Å². The minimum Gasteiger partial charge on any atom is -0.301 e. The van der Waals surface area contributed by atoms with Crippen LogP contribution in [0.4, 0.5) is 0 Å². The molecule has 7 heteroatoms. The van der Waals surface area contributed by atoms with Crippen LogP contribution in [0.3, 0.4) is 0 Å². The maximum absolute atomic E-state index is 11.3. The molecule has 0 aliphatic heterocycles. The van der Waals surface area contributed by atoms with Gasteiger partial charge in [-0.2, -0.15) is 0 Å². The zero-order chi connectivity index (χ0) is 10.8. The third kappa shape index (κ3) is 2.45. The molecule has 2 aromatic rings. The van der Waals surface area contributed by atoms with Crippen molar-refractivity contribution < 1.29 is 4.21 Å². The van der Waals surface area contributed by atoms with Gasteiger partial charge in [0, 0.05) is 11.1 Å². The van der Waals surface area contributed by atoms with Gasteiger partial charge in [0.25, 0.3) is 0 Å². The summed E-state index contributed by atoms with van der Waals surface area (Å²) in [5.74, 6) is 0. The predicted octanol–water partition coefficient (Wildman–Crippen LogP) is 1.78. The van der Waals surface area contributed by atoms with Gasteiger partial charge in [0.1, 0.15) is 6.33 Å². The number of hydrogen-bond acceptors (Lipinski definition) is 4. The van der Waals surface area contributed by atoms with Crippen LogP contribution >= 0.6 is 22.9 Å². The molecule has 0 N–H and O–H groups in total. The molecule has 0 saturated carbocycles. The molecule has 4 nitrogen and oxygen atoms in total. The molecule has 2 rings (SSSR count). The highest BCUT2D eigenvalue weighted by Gasteiger charge is 2.09. The van der Waals surface area contributed by atoms with E-state index in [2.05, 4.69) is 10.2 Å². The van der Waals surface area contributed by atoms with E-state index >= 15 is 0 Å². The minimum absolute atomic E-state index is 0.486. The number of aromatic nitrogens is 3. The van der Waals surface area contributed by atoms with Crippen molar-refractivity contribution in [1.82, 2.24) is 14.8 Å². The van der Waals surface area contributed by atoms with Gasteiger partial charge in [0.05, 0.1) is 21.7 Å². The molecule has 0 radical (unpaired) electrons. The third-order valence-electron chi connectivity index (χ3n) is 1.79. The van der Waals surface area contributed by atoms with E-state index in [0.29, 0.717) is 11.7 Å². The highest BCUT2D eigenvalue weighted by Crippen LogP contribution is 2.22. The van der Waals surface area contributed by atoms with Crippen LogP contribution in [-0.4, -0.2) is 25.2 Å². The summed E-state index contributed by atoms with van der Waals surface area (Å²) in [7, 11) is -1.12. The Labute approximate surface area is 98.4 Å². The van der Waals surface area contributed by atoms with Crippen molar-refractivity contribution in [2.75, 3.05) is 6.26 Å². The number of hydrogen-bond donors (Lipinski definition) is 0. The Morgan fingerprint density at radius 2 is 2.40 bits per heavy atom. The molecule has 0 unspecified atom stereocenters. The normalized spacial score (nSPS) is 12.9. The lowest BCUT2D eigenvalue weighted by Crippen LogP contribution is -2.04. The van der Waals surface area contributed by atoms with Crippen molar-refractivity contribution in [1.29, 1.82) is 0 Å². The number of rotatable bonds is 3. The summed E-state index contributed by atoms with van der Waals surface area (Å²) in [6.45, 7) is 0.610. The molecular weight excluding hydrogens is 254 g/mol. The summed E-state index contributed by atoms with van der Waals surface area (Å²) in [5, 5.41) is 8.03. The van der Waals surface area contributed by atoms with E-state index in [1.54, 1.807) is 17.2 Å². The van der Waals surface area contributed by atoms with Crippen LogP contribution < -0.4 is 0 Å². The van der Waals surface area contributed by atoms with Crippen LogP contribution in [0, 0.1) is 0 Å². The highest BCUT2D eigenvalue weighted by molar-refractivity contribution is 7.84. The van der Waals surface area contributed by atoms with E-state index < -0.39 is 10.8 Å². The van der Waals surface area contributed by atoms with Crippen molar-refractivity contribution in [2.24, 2.45) is 0 Å². The Morgan fingerprint density at radius 3 is 3.00 bits per heavy atom. The first-order valence-corrected chi connectivity index (χ1v) is 6.87. The zero-order valence-corrected chi connectivity index (χ0v) is 10.3. The van der Waals surface area contributed by atoms with Gasteiger partial charge in [0.15, 0.2) is 0 Å². The second-order valence-corrected chi connectivity index (χ2v) is 5.97. The van der Waals surface area contributed by atoms with Gasteiger partial charge >= 0.3 is 0 Å². The van der Waals surface area contributed by atoms with Crippen molar-refractivity contribution in [3.63, 3.8) is 0 Å². The Morgan fingerprint density at radius 1 is 1.60 bits per heavy atom. The molecule has 80 valence electrons. The molecule has 0 fully saturated rings. The topological polar surface area (TPSA) is 47.8 Å². The molecule has 2 aromatic heterocycles. The third-order valence-corrected chi connectivity index (χ3v) is 3.84. The fourth-order valence-electron chi connectivity index (χ4n) is 1.18. The molecule has 0 aromatic carbocycles. The summed E-state index contributed by atoms with van der Waals surface area (Å²) >= 11 is 7.32. The first-order valence-electron chi connectivity index (χ1n) is 4.12. The lowest BCUT2D eigenvalue weighted by Gasteiger charge is -2.01. The fraction of sp³-hybridized carbons (Fsp3) is 0.250. The molecule has 15 heavy (non-hydrogen) atoms. The number of thiophene rings is 1. The van der Waals surface area contributed by atoms with E-state index in [1.807, 2.05) is 12.1 Å². The lowest BCUT2D eigenvalue weighted by atomic mass is 10.5. The van der Waals surface area contributed by atoms with Crippen molar-refractivity contribution in [3.8, 4) is 0 Å². The van der Waals surface area contributed by atoms with Crippen LogP contribution in [0.5, 0.6) is 0 Å². The van der Waals surface area contributed by atoms with Gasteiger partial charge in [-0.3, -0.25) is 4.21 Å². The monoisotopic (exact) mass is 261 g/mol. The molecule has 0 aliphatic carbocycles. The molecule has 2 heterocycles. The van der Waals surface area contributed by atoms with Crippen molar-refractivity contribution >= 4 is 33.7 Å². The molecule has 0 amide bonds. The van der Waals surface area contributed by atoms with Gasteiger partial charge in [-0.05, 0) is 12.1 Å². The summed E-state index contributed by atoms with van der Waals surface area (Å²) < 4.78 is 13.8. The Hall–Kier alpha value is -0.720. The zero-order valence-electron chi connectivity index (χ0n) is 7.88. The summed E-state index contributed by atoms with van der Waals surface area (Å²) in [4.78, 5) is 1.09. The maximum atomic E-state index is 11.3. The van der Waals surface area contributed by atoms with Crippen LogP contribution in [-0.2, 0) is 17.3 Å². The molecule has 0 aliphatic rings. The number of nitrogens with zero attached hydrogens (tertiary/aromatic N) is 3. The van der Waals surface area contributed by atoms with Crippen LogP contribution in [0.25, 0.3) is 0 Å². The fourth-order valence-corrected chi connectivity index (χ4v) is 2.87. The molecule has 1 atom stereocenters. The molecule has 0 spiro atoms. The van der Waals surface area contributed by atoms with Gasteiger partial charge < -0.3 is 4.57 Å². The van der Waals surface area contributed by atoms with Gasteiger partial charge in [-0.1, -0.05) is 11.6 Å². The smallest absolute Gasteiger partial charge is 0.221 e. The van der Waals surface area contributed by atoms with Crippen LogP contribution in [0.1, 0.15) is 4.88 Å². The van der Waals surface area contributed by atoms with E-state index in [9.17, 15) is 4.21 Å². The van der Waals surface area contributed by atoms with Crippen molar-refractivity contribution in [3.05, 3.63) is 27.7 Å². The number of halogens is 1. The molecule has 0 bridgehead atoms. The second kappa shape index (κ2) is 4.42. The first kappa shape index (κ1) is 10.8. The van der Waals surface area contributed by atoms with E-state index in [1.165, 1.54) is 11.3 Å². The Balaban J connectivity index is 2.24. The second-order valence-electron chi connectivity index (χ2n) is 2.90. The van der Waals surface area contributed by atoms with Crippen LogP contribution in [0.2, 0.25) is 4.34 Å². The van der Waals surface area contributed by atoms with Gasteiger partial charge in [0.2, 0.25) is 5.16 Å². The minimum atomic E-state index is -1.12. The van der Waals surface area contributed by atoms with Crippen molar-refractivity contribution in [2.45, 2.75) is 11.7 Å². The SMILES string of the molecule is C[S@@](=O)c1nncn1Cc1ccc(Cl)s1. The Kier molecular flexibility index (Phi) is 3.18. The summed E-state index contributed by atoms with van der Waals surface area (Å²) in [5.41, 5.74) is 0. The standard InChI is InChI=1S/C8H8ClN3OS2/c1-15(13)8-11-10-5-12(8)4-6-2-3-7(9)14-6/h2-3,5H,4H2,1H3/t15-/m1/s1. The lowest BCUT2D eigenvalue weighted by molar-refractivity contribution is 0.655. The highest BCUT2D eigenvalue weighted by atomic mass is 35.5. The molecular formula is C8H8ClN3OS2. The van der Waals surface area contributed by atoms with Gasteiger partial charge in [-0.15, -0.1) is 21.5 Å². The predicted molar refractivity (Wildman–Crippen MR) is 60.8 cm³/mol. The van der Waals surface area contributed by atoms with Gasteiger partial charge in [-0.25, -0.2) is 0 Å². The maximum Gasteiger partial charge on any atom is 0.221 e. The summed E-state index contributed by atoms with van der Waals surface area (Å²) in [6.07, 6.45) is 3.16. The van der Waals surface area contributed by atoms with E-state index in [4.69, 9.17) is 11.6 Å². The van der Waals surface area contributed by atoms with E-state index in [-0.39, 0.29) is 0 Å². The quantitative estimate of drug-likeness (QED) is 0.846. The average molecular weight is 262 g/mol. The first-order chi connectivity index (χ1) is 7.16.